The van der Waals surface area contributed by atoms with Crippen LogP contribution in [0.1, 0.15) is 30.7 Å². The van der Waals surface area contributed by atoms with Crippen LogP contribution >= 0.6 is 11.3 Å². The monoisotopic (exact) mass is 276 g/mol. The number of thiophene rings is 1. The van der Waals surface area contributed by atoms with Gasteiger partial charge in [0.1, 0.15) is 0 Å². The fourth-order valence-corrected chi connectivity index (χ4v) is 2.83. The van der Waals surface area contributed by atoms with Gasteiger partial charge in [-0.1, -0.05) is 25.7 Å². The molecule has 0 spiro atoms. The van der Waals surface area contributed by atoms with E-state index >= 15 is 0 Å². The summed E-state index contributed by atoms with van der Waals surface area (Å²) in [5.41, 5.74) is 5.62. The summed E-state index contributed by atoms with van der Waals surface area (Å²) in [6.45, 7) is 4.28. The molecule has 0 radical (unpaired) electrons. The van der Waals surface area contributed by atoms with Crippen molar-refractivity contribution in [2.75, 3.05) is 6.54 Å². The van der Waals surface area contributed by atoms with Gasteiger partial charge in [0, 0.05) is 22.2 Å². The van der Waals surface area contributed by atoms with Gasteiger partial charge in [0.05, 0.1) is 18.5 Å². The van der Waals surface area contributed by atoms with E-state index in [9.17, 15) is 9.59 Å². The molecule has 19 heavy (non-hydrogen) atoms. The Balaban J connectivity index is 2.12. The Kier molecular flexibility index (Phi) is 3.74. The molecule has 100 valence electrons. The molecule has 0 atom stereocenters. The van der Waals surface area contributed by atoms with E-state index in [4.69, 9.17) is 5.73 Å². The number of hydrogen-bond acceptors (Lipinski definition) is 4. The van der Waals surface area contributed by atoms with Crippen molar-refractivity contribution in [2.24, 2.45) is 11.1 Å². The fourth-order valence-electron chi connectivity index (χ4n) is 2.03. The number of likely N-dealkylation sites (tertiary alicyclic amines) is 1. The first-order valence-corrected chi connectivity index (χ1v) is 6.93. The number of imide groups is 1. The topological polar surface area (TPSA) is 63.4 Å². The lowest BCUT2D eigenvalue weighted by atomic mass is 9.92. The summed E-state index contributed by atoms with van der Waals surface area (Å²) in [6, 6.07) is 1.90. The van der Waals surface area contributed by atoms with Gasteiger partial charge in [-0.2, -0.15) is 0 Å². The van der Waals surface area contributed by atoms with Crippen molar-refractivity contribution in [3.63, 3.8) is 0 Å². The van der Waals surface area contributed by atoms with Crippen LogP contribution in [0.2, 0.25) is 0 Å². The molecule has 1 saturated heterocycles. The van der Waals surface area contributed by atoms with Gasteiger partial charge in [0.15, 0.2) is 0 Å². The Labute approximate surface area is 116 Å². The Morgan fingerprint density at radius 2 is 2.21 bits per heavy atom. The Morgan fingerprint density at radius 1 is 1.47 bits per heavy atom. The summed E-state index contributed by atoms with van der Waals surface area (Å²) in [5, 5.41) is 1.91. The highest BCUT2D eigenvalue weighted by molar-refractivity contribution is 7.10. The molecule has 1 aliphatic heterocycles. The molecular weight excluding hydrogens is 260 g/mol. The van der Waals surface area contributed by atoms with E-state index in [-0.39, 0.29) is 18.2 Å². The summed E-state index contributed by atoms with van der Waals surface area (Å²) in [6.07, 6.45) is 0.289. The zero-order valence-electron chi connectivity index (χ0n) is 11.0. The van der Waals surface area contributed by atoms with E-state index in [0.29, 0.717) is 13.1 Å². The molecule has 0 bridgehead atoms. The predicted molar refractivity (Wildman–Crippen MR) is 74.2 cm³/mol. The number of nitrogens with two attached hydrogens (primary N) is 1. The first-order chi connectivity index (χ1) is 8.94. The van der Waals surface area contributed by atoms with E-state index < -0.39 is 5.41 Å². The highest BCUT2D eigenvalue weighted by Gasteiger charge is 2.44. The van der Waals surface area contributed by atoms with Crippen LogP contribution in [0.5, 0.6) is 0 Å². The molecule has 5 heteroatoms. The minimum atomic E-state index is -0.573. The SMILES string of the molecule is CC1(C)CC(=O)N(Cc2cc(C#CCN)cs2)C1=O. The van der Waals surface area contributed by atoms with Crippen molar-refractivity contribution >= 4 is 23.2 Å². The number of amides is 2. The van der Waals surface area contributed by atoms with Crippen LogP contribution in [0, 0.1) is 17.3 Å². The van der Waals surface area contributed by atoms with Crippen LogP contribution in [-0.2, 0) is 16.1 Å². The second-order valence-electron chi connectivity index (χ2n) is 5.15. The van der Waals surface area contributed by atoms with Crippen LogP contribution in [0.4, 0.5) is 0 Å². The largest absolute Gasteiger partial charge is 0.320 e. The van der Waals surface area contributed by atoms with Crippen molar-refractivity contribution in [2.45, 2.75) is 26.8 Å². The maximum Gasteiger partial charge on any atom is 0.235 e. The summed E-state index contributed by atoms with van der Waals surface area (Å²) in [7, 11) is 0. The molecule has 1 aromatic heterocycles. The second-order valence-corrected chi connectivity index (χ2v) is 6.15. The third kappa shape index (κ3) is 2.86. The van der Waals surface area contributed by atoms with Crippen LogP contribution in [0.25, 0.3) is 0 Å². The normalized spacial score (nSPS) is 17.5. The standard InChI is InChI=1S/C14H16N2O2S/c1-14(2)7-12(17)16(13(14)18)8-11-6-10(9-19-11)4-3-5-15/h6,9H,5,7-8,15H2,1-2H3. The average molecular weight is 276 g/mol. The van der Waals surface area contributed by atoms with Crippen LogP contribution < -0.4 is 5.73 Å². The quantitative estimate of drug-likeness (QED) is 0.655. The maximum absolute atomic E-state index is 12.1. The van der Waals surface area contributed by atoms with E-state index in [1.165, 1.54) is 16.2 Å². The van der Waals surface area contributed by atoms with Crippen molar-refractivity contribution in [3.8, 4) is 11.8 Å². The lowest BCUT2D eigenvalue weighted by molar-refractivity contribution is -0.141. The number of hydrogen-bond donors (Lipinski definition) is 1. The smallest absolute Gasteiger partial charge is 0.235 e. The molecule has 1 fully saturated rings. The van der Waals surface area contributed by atoms with Crippen LogP contribution in [0.3, 0.4) is 0 Å². The minimum absolute atomic E-state index is 0.0968. The molecule has 1 aliphatic rings. The van der Waals surface area contributed by atoms with Gasteiger partial charge in [-0.3, -0.25) is 14.5 Å². The molecule has 0 unspecified atom stereocenters. The lowest BCUT2D eigenvalue weighted by Gasteiger charge is -2.16. The molecule has 2 rings (SSSR count). The second kappa shape index (κ2) is 5.16. The molecule has 2 heterocycles. The van der Waals surface area contributed by atoms with Gasteiger partial charge in [-0.25, -0.2) is 0 Å². The molecule has 4 nitrogen and oxygen atoms in total. The van der Waals surface area contributed by atoms with Crippen LogP contribution in [-0.4, -0.2) is 23.3 Å². The Morgan fingerprint density at radius 3 is 2.79 bits per heavy atom. The summed E-state index contributed by atoms with van der Waals surface area (Å²) < 4.78 is 0. The molecule has 1 aromatic rings. The zero-order valence-corrected chi connectivity index (χ0v) is 11.8. The molecule has 0 aromatic carbocycles. The minimum Gasteiger partial charge on any atom is -0.320 e. The Hall–Kier alpha value is -1.64. The maximum atomic E-state index is 12.1. The van der Waals surface area contributed by atoms with Crippen molar-refractivity contribution in [1.29, 1.82) is 0 Å². The van der Waals surface area contributed by atoms with E-state index in [0.717, 1.165) is 10.4 Å². The van der Waals surface area contributed by atoms with Gasteiger partial charge < -0.3 is 5.73 Å². The highest BCUT2D eigenvalue weighted by Crippen LogP contribution is 2.33. The van der Waals surface area contributed by atoms with Crippen molar-refractivity contribution < 1.29 is 9.59 Å². The molecule has 0 saturated carbocycles. The fraction of sp³-hybridized carbons (Fsp3) is 0.429. The number of rotatable bonds is 2. The molecule has 2 N–H and O–H groups in total. The van der Waals surface area contributed by atoms with E-state index in [1.807, 2.05) is 11.4 Å². The van der Waals surface area contributed by atoms with E-state index in [1.54, 1.807) is 13.8 Å². The van der Waals surface area contributed by atoms with Gasteiger partial charge in [0.2, 0.25) is 11.8 Å². The first-order valence-electron chi connectivity index (χ1n) is 6.05. The van der Waals surface area contributed by atoms with Gasteiger partial charge >= 0.3 is 0 Å². The zero-order chi connectivity index (χ0) is 14.0. The lowest BCUT2D eigenvalue weighted by Crippen LogP contribution is -2.32. The molecule has 2 amide bonds. The molecular formula is C14H16N2O2S. The first kappa shape index (κ1) is 13.8. The predicted octanol–water partition coefficient (Wildman–Crippen LogP) is 1.34. The Bertz CT molecular complexity index is 578. The third-order valence-corrected chi connectivity index (χ3v) is 3.94. The number of carbonyl (C=O) groups excluding carboxylic acids is 2. The van der Waals surface area contributed by atoms with E-state index in [2.05, 4.69) is 11.8 Å². The van der Waals surface area contributed by atoms with Gasteiger partial charge in [-0.05, 0) is 6.07 Å². The third-order valence-electron chi connectivity index (χ3n) is 3.02. The summed E-state index contributed by atoms with van der Waals surface area (Å²) >= 11 is 1.50. The van der Waals surface area contributed by atoms with Gasteiger partial charge in [-0.15, -0.1) is 11.3 Å². The molecule has 0 aliphatic carbocycles. The van der Waals surface area contributed by atoms with Gasteiger partial charge in [0.25, 0.3) is 0 Å². The number of carbonyl (C=O) groups is 2. The summed E-state index contributed by atoms with van der Waals surface area (Å²) in [5.74, 6) is 5.52. The summed E-state index contributed by atoms with van der Waals surface area (Å²) in [4.78, 5) is 26.2. The van der Waals surface area contributed by atoms with Crippen molar-refractivity contribution in [3.05, 3.63) is 21.9 Å². The van der Waals surface area contributed by atoms with Crippen LogP contribution in [0.15, 0.2) is 11.4 Å². The highest BCUT2D eigenvalue weighted by atomic mass is 32.1. The van der Waals surface area contributed by atoms with Crippen molar-refractivity contribution in [1.82, 2.24) is 4.90 Å². The average Bonchev–Trinajstić information content (AvgIpc) is 2.86. The number of nitrogens with zero attached hydrogens (tertiary/aromatic N) is 1.